The lowest BCUT2D eigenvalue weighted by Crippen LogP contribution is -2.49. The zero-order valence-electron chi connectivity index (χ0n) is 19.6. The first-order valence-electron chi connectivity index (χ1n) is 13.2. The minimum absolute atomic E-state index is 0.000602. The van der Waals surface area contributed by atoms with E-state index in [1.807, 2.05) is 18.2 Å². The summed E-state index contributed by atoms with van der Waals surface area (Å²) in [5.41, 5.74) is -0.121. The third kappa shape index (κ3) is 2.79. The molecule has 1 aromatic carbocycles. The van der Waals surface area contributed by atoms with E-state index < -0.39 is 11.0 Å². The number of nitrogens with zero attached hydrogens (tertiary/aromatic N) is 1. The van der Waals surface area contributed by atoms with Crippen molar-refractivity contribution in [2.24, 2.45) is 16.7 Å². The fraction of sp³-hybridized carbons (Fsp3) is 0.778. The lowest BCUT2D eigenvalue weighted by Gasteiger charge is -2.43. The minimum atomic E-state index is -0.959. The highest BCUT2D eigenvalue weighted by Crippen LogP contribution is 2.92. The van der Waals surface area contributed by atoms with Crippen LogP contribution in [0.3, 0.4) is 0 Å². The molecule has 0 aromatic heterocycles. The maximum Gasteiger partial charge on any atom is 0.161 e. The Hall–Kier alpha value is -1.07. The summed E-state index contributed by atoms with van der Waals surface area (Å²) in [5, 5.41) is 10.4. The molecule has 0 saturated heterocycles. The molecule has 0 amide bonds. The van der Waals surface area contributed by atoms with Gasteiger partial charge in [0.25, 0.3) is 0 Å². The number of rotatable bonds is 7. The van der Waals surface area contributed by atoms with E-state index >= 15 is 0 Å². The lowest BCUT2D eigenvalue weighted by molar-refractivity contribution is -0.0222. The standard InChI is InChI=1S/C27H39NO3S/c1-25-20-16-17-26(25,27(25,18-20)31-24-15-9-8-14-23(24)29)19-32(30)28(21-10-4-2-5-11-21)22-12-6-3-7-13-22/h8-9,14-15,20-22,29H,2-7,10-13,16-19H2,1H3. The highest BCUT2D eigenvalue weighted by Gasteiger charge is 2.97. The Bertz CT molecular complexity index is 877. The molecule has 4 nitrogen and oxygen atoms in total. The summed E-state index contributed by atoms with van der Waals surface area (Å²) in [6.07, 6.45) is 16.1. The SMILES string of the molecule is CC12C3CCC1(CS(=O)N(C1CCCCC1)C1CCCCC1)C2(Oc1ccccc1O)C3. The van der Waals surface area contributed by atoms with Gasteiger partial charge in [-0.3, -0.25) is 0 Å². The summed E-state index contributed by atoms with van der Waals surface area (Å²) < 4.78 is 23.4. The van der Waals surface area contributed by atoms with Crippen LogP contribution in [-0.4, -0.2) is 37.1 Å². The molecule has 0 heterocycles. The molecule has 5 heteroatoms. The molecule has 5 aliphatic carbocycles. The van der Waals surface area contributed by atoms with Gasteiger partial charge < -0.3 is 9.84 Å². The second-order valence-corrected chi connectivity index (χ2v) is 12.9. The van der Waals surface area contributed by atoms with Gasteiger partial charge in [-0.25, -0.2) is 8.51 Å². The number of hydrogen-bond donors (Lipinski definition) is 1. The Balaban J connectivity index is 1.27. The largest absolute Gasteiger partial charge is 0.504 e. The molecule has 176 valence electrons. The van der Waals surface area contributed by atoms with Gasteiger partial charge in [-0.05, 0) is 63.0 Å². The molecule has 0 bridgehead atoms. The molecule has 5 saturated carbocycles. The second kappa shape index (κ2) is 7.73. The number of phenolic OH excluding ortho intramolecular Hbond substituents is 1. The first-order valence-corrected chi connectivity index (χ1v) is 14.4. The van der Waals surface area contributed by atoms with E-state index in [2.05, 4.69) is 11.2 Å². The third-order valence-electron chi connectivity index (χ3n) is 10.4. The number of phenols is 1. The van der Waals surface area contributed by atoms with Crippen LogP contribution >= 0.6 is 0 Å². The first kappa shape index (κ1) is 21.5. The molecular weight excluding hydrogens is 418 g/mol. The Morgan fingerprint density at radius 2 is 1.62 bits per heavy atom. The normalized spacial score (nSPS) is 40.0. The van der Waals surface area contributed by atoms with Crippen molar-refractivity contribution in [3.63, 3.8) is 0 Å². The van der Waals surface area contributed by atoms with Crippen LogP contribution in [0.15, 0.2) is 24.3 Å². The van der Waals surface area contributed by atoms with Gasteiger partial charge in [0.05, 0.1) is 11.0 Å². The van der Waals surface area contributed by atoms with E-state index in [0.717, 1.165) is 18.6 Å². The summed E-state index contributed by atoms with van der Waals surface area (Å²) in [6, 6.07) is 8.37. The molecule has 5 aliphatic rings. The van der Waals surface area contributed by atoms with E-state index in [-0.39, 0.29) is 22.2 Å². The summed E-state index contributed by atoms with van der Waals surface area (Å²) in [6.45, 7) is 2.39. The molecule has 5 atom stereocenters. The quantitative estimate of drug-likeness (QED) is 0.549. The zero-order valence-corrected chi connectivity index (χ0v) is 20.4. The molecule has 5 unspecified atom stereocenters. The maximum absolute atomic E-state index is 14.2. The summed E-state index contributed by atoms with van der Waals surface area (Å²) >= 11 is 0. The molecule has 0 aliphatic heterocycles. The van der Waals surface area contributed by atoms with Crippen molar-refractivity contribution in [1.82, 2.24) is 4.31 Å². The number of ether oxygens (including phenoxy) is 1. The number of benzene rings is 1. The van der Waals surface area contributed by atoms with Gasteiger partial charge in [0.15, 0.2) is 11.5 Å². The molecular formula is C27H39NO3S. The molecule has 32 heavy (non-hydrogen) atoms. The van der Waals surface area contributed by atoms with E-state index in [4.69, 9.17) is 4.74 Å². The Labute approximate surface area is 195 Å². The molecule has 5 fully saturated rings. The third-order valence-corrected chi connectivity index (χ3v) is 12.2. The fourth-order valence-electron chi connectivity index (χ4n) is 8.68. The average Bonchev–Trinajstić information content (AvgIpc) is 2.99. The highest BCUT2D eigenvalue weighted by atomic mass is 32.2. The zero-order chi connectivity index (χ0) is 22.0. The van der Waals surface area contributed by atoms with Crippen molar-refractivity contribution in [3.05, 3.63) is 24.3 Å². The Morgan fingerprint density at radius 3 is 2.25 bits per heavy atom. The molecule has 1 N–H and O–H groups in total. The van der Waals surface area contributed by atoms with Crippen LogP contribution < -0.4 is 4.74 Å². The monoisotopic (exact) mass is 457 g/mol. The van der Waals surface area contributed by atoms with Crippen LogP contribution in [0.1, 0.15) is 90.4 Å². The van der Waals surface area contributed by atoms with Crippen LogP contribution in [-0.2, 0) is 11.0 Å². The molecule has 1 aromatic rings. The molecule has 6 rings (SSSR count). The van der Waals surface area contributed by atoms with Gasteiger partial charge in [0.1, 0.15) is 5.60 Å². The Morgan fingerprint density at radius 1 is 1.00 bits per heavy atom. The first-order chi connectivity index (χ1) is 15.5. The summed E-state index contributed by atoms with van der Waals surface area (Å²) in [5.74, 6) is 2.26. The van der Waals surface area contributed by atoms with Crippen LogP contribution in [0, 0.1) is 16.7 Å². The van der Waals surface area contributed by atoms with E-state index in [0.29, 0.717) is 23.8 Å². The van der Waals surface area contributed by atoms with Crippen molar-refractivity contribution in [2.45, 2.75) is 108 Å². The fourth-order valence-corrected chi connectivity index (χ4v) is 11.0. The van der Waals surface area contributed by atoms with Crippen molar-refractivity contribution >= 4 is 11.0 Å². The van der Waals surface area contributed by atoms with Crippen LogP contribution in [0.4, 0.5) is 0 Å². The van der Waals surface area contributed by atoms with Gasteiger partial charge in [-0.15, -0.1) is 0 Å². The predicted octanol–water partition coefficient (Wildman–Crippen LogP) is 5.96. The van der Waals surface area contributed by atoms with E-state index in [1.54, 1.807) is 6.07 Å². The van der Waals surface area contributed by atoms with Gasteiger partial charge in [-0.1, -0.05) is 57.6 Å². The lowest BCUT2D eigenvalue weighted by atomic mass is 9.70. The summed E-state index contributed by atoms with van der Waals surface area (Å²) in [7, 11) is -0.959. The van der Waals surface area contributed by atoms with Crippen LogP contribution in [0.5, 0.6) is 11.5 Å². The number of aromatic hydroxyl groups is 1. The average molecular weight is 458 g/mol. The van der Waals surface area contributed by atoms with Gasteiger partial charge in [-0.2, -0.15) is 0 Å². The van der Waals surface area contributed by atoms with Crippen molar-refractivity contribution in [1.29, 1.82) is 0 Å². The van der Waals surface area contributed by atoms with Gasteiger partial charge in [0, 0.05) is 28.7 Å². The van der Waals surface area contributed by atoms with Gasteiger partial charge >= 0.3 is 0 Å². The second-order valence-electron chi connectivity index (χ2n) is 11.5. The predicted molar refractivity (Wildman–Crippen MR) is 128 cm³/mol. The van der Waals surface area contributed by atoms with E-state index in [1.165, 1.54) is 70.6 Å². The molecule has 0 spiro atoms. The van der Waals surface area contributed by atoms with Crippen molar-refractivity contribution in [2.75, 3.05) is 5.75 Å². The van der Waals surface area contributed by atoms with Gasteiger partial charge in [0.2, 0.25) is 0 Å². The Kier molecular flexibility index (Phi) is 5.18. The smallest absolute Gasteiger partial charge is 0.161 e. The maximum atomic E-state index is 14.2. The summed E-state index contributed by atoms with van der Waals surface area (Å²) in [4.78, 5) is 0. The van der Waals surface area contributed by atoms with Crippen molar-refractivity contribution in [3.8, 4) is 11.5 Å². The topological polar surface area (TPSA) is 49.8 Å². The molecule has 0 radical (unpaired) electrons. The van der Waals surface area contributed by atoms with Crippen molar-refractivity contribution < 1.29 is 14.1 Å². The van der Waals surface area contributed by atoms with E-state index in [9.17, 15) is 9.32 Å². The highest BCUT2D eigenvalue weighted by molar-refractivity contribution is 7.82. The van der Waals surface area contributed by atoms with Crippen LogP contribution in [0.25, 0.3) is 0 Å². The van der Waals surface area contributed by atoms with Crippen LogP contribution in [0.2, 0.25) is 0 Å². The number of hydrogen-bond acceptors (Lipinski definition) is 3. The number of para-hydroxylation sites is 2. The number of fused-ring (bicyclic) bond motifs is 1. The minimum Gasteiger partial charge on any atom is -0.504 e.